The molecule has 2 N–H and O–H groups in total. The van der Waals surface area contributed by atoms with Crippen LogP contribution in [0.1, 0.15) is 21.5 Å². The number of nitrogens with two attached hydrogens (primary N) is 1. The Bertz CT molecular complexity index is 653. The van der Waals surface area contributed by atoms with Gasteiger partial charge in [0.1, 0.15) is 5.75 Å². The van der Waals surface area contributed by atoms with Crippen molar-refractivity contribution < 1.29 is 9.53 Å². The molecule has 2 rings (SSSR count). The predicted molar refractivity (Wildman–Crippen MR) is 84.3 cm³/mol. The van der Waals surface area contributed by atoms with E-state index in [1.54, 1.807) is 19.2 Å². The predicted octanol–water partition coefficient (Wildman–Crippen LogP) is 3.77. The van der Waals surface area contributed by atoms with Gasteiger partial charge in [0.2, 0.25) is 0 Å². The molecule has 0 radical (unpaired) electrons. The number of nitrogen functional groups attached to an aromatic ring is 1. The van der Waals surface area contributed by atoms with Gasteiger partial charge in [-0.3, -0.25) is 4.79 Å². The van der Waals surface area contributed by atoms with Gasteiger partial charge in [0, 0.05) is 17.7 Å². The van der Waals surface area contributed by atoms with Crippen LogP contribution in [0.4, 0.5) is 5.69 Å². The van der Waals surface area contributed by atoms with Crippen molar-refractivity contribution in [3.63, 3.8) is 0 Å². The topological polar surface area (TPSA) is 52.3 Å². The number of Topliss-reactive ketones (excluding diaryl/α,β-unsaturated/α-hetero) is 1. The standard InChI is InChI=1S/C16H16BrNO2/c1-10-7-12(4-5-14(10)18)15(19)9-11-3-6-16(20-2)13(17)8-11/h3-8H,9,18H2,1-2H3. The van der Waals surface area contributed by atoms with Crippen LogP contribution in [0.15, 0.2) is 40.9 Å². The molecule has 0 saturated carbocycles. The first-order valence-electron chi connectivity index (χ1n) is 6.23. The zero-order valence-electron chi connectivity index (χ0n) is 11.4. The Kier molecular flexibility index (Phi) is 4.45. The monoisotopic (exact) mass is 333 g/mol. The van der Waals surface area contributed by atoms with Crippen LogP contribution in [0.25, 0.3) is 0 Å². The highest BCUT2D eigenvalue weighted by atomic mass is 79.9. The van der Waals surface area contributed by atoms with Gasteiger partial charge in [-0.15, -0.1) is 0 Å². The van der Waals surface area contributed by atoms with Gasteiger partial charge in [0.15, 0.2) is 5.78 Å². The number of methoxy groups -OCH3 is 1. The number of hydrogen-bond acceptors (Lipinski definition) is 3. The first-order chi connectivity index (χ1) is 9.51. The lowest BCUT2D eigenvalue weighted by molar-refractivity contribution is 0.0993. The van der Waals surface area contributed by atoms with E-state index in [9.17, 15) is 4.79 Å². The molecular weight excluding hydrogens is 318 g/mol. The molecule has 0 atom stereocenters. The molecule has 0 spiro atoms. The van der Waals surface area contributed by atoms with Crippen molar-refractivity contribution in [3.8, 4) is 5.75 Å². The van der Waals surface area contributed by atoms with Crippen molar-refractivity contribution in [1.82, 2.24) is 0 Å². The molecule has 0 heterocycles. The zero-order chi connectivity index (χ0) is 14.7. The lowest BCUT2D eigenvalue weighted by Gasteiger charge is -2.07. The average molecular weight is 334 g/mol. The molecule has 0 bridgehead atoms. The van der Waals surface area contributed by atoms with Crippen LogP contribution >= 0.6 is 15.9 Å². The second-order valence-electron chi connectivity index (χ2n) is 4.64. The maximum Gasteiger partial charge on any atom is 0.167 e. The summed E-state index contributed by atoms with van der Waals surface area (Å²) in [4.78, 5) is 12.3. The molecule has 0 aromatic heterocycles. The molecule has 0 aliphatic rings. The molecule has 20 heavy (non-hydrogen) atoms. The van der Waals surface area contributed by atoms with E-state index in [-0.39, 0.29) is 5.78 Å². The van der Waals surface area contributed by atoms with E-state index >= 15 is 0 Å². The van der Waals surface area contributed by atoms with Crippen LogP contribution in [0.5, 0.6) is 5.75 Å². The van der Waals surface area contributed by atoms with Crippen LogP contribution in [0, 0.1) is 6.92 Å². The Hall–Kier alpha value is -1.81. The minimum Gasteiger partial charge on any atom is -0.496 e. The van der Waals surface area contributed by atoms with Crippen molar-refractivity contribution in [2.45, 2.75) is 13.3 Å². The summed E-state index contributed by atoms with van der Waals surface area (Å²) in [7, 11) is 1.61. The summed E-state index contributed by atoms with van der Waals surface area (Å²) in [6.45, 7) is 1.90. The fourth-order valence-corrected chi connectivity index (χ4v) is 2.54. The van der Waals surface area contributed by atoms with Crippen molar-refractivity contribution in [2.75, 3.05) is 12.8 Å². The number of hydrogen-bond donors (Lipinski definition) is 1. The van der Waals surface area contributed by atoms with Gasteiger partial charge in [0.05, 0.1) is 11.6 Å². The molecule has 0 amide bonds. The summed E-state index contributed by atoms with van der Waals surface area (Å²) < 4.78 is 6.02. The summed E-state index contributed by atoms with van der Waals surface area (Å²) >= 11 is 3.42. The molecule has 0 aliphatic carbocycles. The minimum absolute atomic E-state index is 0.0742. The number of anilines is 1. The number of carbonyl (C=O) groups is 1. The number of ketones is 1. The highest BCUT2D eigenvalue weighted by Gasteiger charge is 2.10. The molecular formula is C16H16BrNO2. The third-order valence-corrected chi connectivity index (χ3v) is 3.79. The second kappa shape index (κ2) is 6.09. The average Bonchev–Trinajstić information content (AvgIpc) is 2.42. The van der Waals surface area contributed by atoms with Crippen molar-refractivity contribution in [3.05, 3.63) is 57.6 Å². The summed E-state index contributed by atoms with van der Waals surface area (Å²) in [5.41, 5.74) is 9.01. The third-order valence-electron chi connectivity index (χ3n) is 3.17. The highest BCUT2D eigenvalue weighted by molar-refractivity contribution is 9.10. The van der Waals surface area contributed by atoms with Crippen molar-refractivity contribution in [1.29, 1.82) is 0 Å². The summed E-state index contributed by atoms with van der Waals surface area (Å²) in [6, 6.07) is 11.0. The van der Waals surface area contributed by atoms with E-state index in [1.165, 1.54) is 0 Å². The number of halogens is 1. The maximum absolute atomic E-state index is 12.3. The van der Waals surface area contributed by atoms with E-state index in [0.29, 0.717) is 17.7 Å². The highest BCUT2D eigenvalue weighted by Crippen LogP contribution is 2.26. The SMILES string of the molecule is COc1ccc(CC(=O)c2ccc(N)c(C)c2)cc1Br. The quantitative estimate of drug-likeness (QED) is 0.684. The summed E-state index contributed by atoms with van der Waals surface area (Å²) in [5.74, 6) is 0.828. The Balaban J connectivity index is 2.19. The minimum atomic E-state index is 0.0742. The normalized spacial score (nSPS) is 10.3. The largest absolute Gasteiger partial charge is 0.496 e. The smallest absolute Gasteiger partial charge is 0.167 e. The Morgan fingerprint density at radius 2 is 2.00 bits per heavy atom. The Labute approximate surface area is 126 Å². The summed E-state index contributed by atoms with van der Waals surface area (Å²) in [6.07, 6.45) is 0.353. The van der Waals surface area contributed by atoms with E-state index in [1.807, 2.05) is 31.2 Å². The van der Waals surface area contributed by atoms with Gasteiger partial charge in [-0.2, -0.15) is 0 Å². The van der Waals surface area contributed by atoms with Gasteiger partial charge < -0.3 is 10.5 Å². The summed E-state index contributed by atoms with van der Waals surface area (Å²) in [5, 5.41) is 0. The lowest BCUT2D eigenvalue weighted by Crippen LogP contribution is -2.05. The molecule has 0 aliphatic heterocycles. The number of aryl methyl sites for hydroxylation is 1. The van der Waals surface area contributed by atoms with E-state index in [2.05, 4.69) is 15.9 Å². The third kappa shape index (κ3) is 3.20. The fraction of sp³-hybridized carbons (Fsp3) is 0.188. The molecule has 2 aromatic rings. The lowest BCUT2D eigenvalue weighted by atomic mass is 10.0. The number of carbonyl (C=O) groups excluding carboxylic acids is 1. The molecule has 0 saturated heterocycles. The van der Waals surface area contributed by atoms with Crippen LogP contribution in [0.2, 0.25) is 0 Å². The maximum atomic E-state index is 12.3. The van der Waals surface area contributed by atoms with Gasteiger partial charge >= 0.3 is 0 Å². The van der Waals surface area contributed by atoms with E-state index < -0.39 is 0 Å². The first-order valence-corrected chi connectivity index (χ1v) is 7.02. The number of benzene rings is 2. The van der Waals surface area contributed by atoms with E-state index in [0.717, 1.165) is 21.3 Å². The second-order valence-corrected chi connectivity index (χ2v) is 5.49. The number of rotatable bonds is 4. The molecule has 2 aromatic carbocycles. The van der Waals surface area contributed by atoms with Crippen molar-refractivity contribution >= 4 is 27.4 Å². The number of ether oxygens (including phenoxy) is 1. The zero-order valence-corrected chi connectivity index (χ0v) is 13.0. The van der Waals surface area contributed by atoms with Gasteiger partial charge in [-0.25, -0.2) is 0 Å². The van der Waals surface area contributed by atoms with Gasteiger partial charge in [-0.1, -0.05) is 6.07 Å². The van der Waals surface area contributed by atoms with Crippen LogP contribution in [0.3, 0.4) is 0 Å². The van der Waals surface area contributed by atoms with E-state index in [4.69, 9.17) is 10.5 Å². The van der Waals surface area contributed by atoms with Gasteiger partial charge in [0.25, 0.3) is 0 Å². The molecule has 0 unspecified atom stereocenters. The van der Waals surface area contributed by atoms with Crippen molar-refractivity contribution in [2.24, 2.45) is 0 Å². The van der Waals surface area contributed by atoms with Crippen LogP contribution in [-0.4, -0.2) is 12.9 Å². The van der Waals surface area contributed by atoms with Crippen LogP contribution < -0.4 is 10.5 Å². The Morgan fingerprint density at radius 3 is 2.60 bits per heavy atom. The first kappa shape index (κ1) is 14.6. The molecule has 0 fully saturated rings. The van der Waals surface area contributed by atoms with Gasteiger partial charge in [-0.05, 0) is 64.3 Å². The molecule has 3 nitrogen and oxygen atoms in total. The molecule has 104 valence electrons. The molecule has 4 heteroatoms. The Morgan fingerprint density at radius 1 is 1.25 bits per heavy atom. The fourth-order valence-electron chi connectivity index (χ4n) is 1.96. The van der Waals surface area contributed by atoms with Crippen LogP contribution in [-0.2, 0) is 6.42 Å².